The number of nitrogens with two attached hydrogens (primary N) is 1. The van der Waals surface area contributed by atoms with Gasteiger partial charge in [0.1, 0.15) is 6.04 Å². The van der Waals surface area contributed by atoms with Crippen LogP contribution in [0.4, 0.5) is 5.69 Å². The zero-order chi connectivity index (χ0) is 26.9. The van der Waals surface area contributed by atoms with Crippen LogP contribution in [0.1, 0.15) is 72.6 Å². The Hall–Kier alpha value is -2.68. The summed E-state index contributed by atoms with van der Waals surface area (Å²) in [5.41, 5.74) is 8.65. The van der Waals surface area contributed by atoms with E-state index in [2.05, 4.69) is 28.1 Å². The molecule has 7 nitrogen and oxygen atoms in total. The number of carbonyl (C=O) groups excluding carboxylic acids is 2. The molecule has 0 spiro atoms. The summed E-state index contributed by atoms with van der Waals surface area (Å²) < 4.78 is 0. The number of aliphatic hydroxyl groups is 1. The van der Waals surface area contributed by atoms with Crippen molar-refractivity contribution in [3.8, 4) is 0 Å². The lowest BCUT2D eigenvalue weighted by Gasteiger charge is -2.20. The third kappa shape index (κ3) is 11.4. The van der Waals surface area contributed by atoms with E-state index >= 15 is 0 Å². The molecule has 0 aliphatic heterocycles. The van der Waals surface area contributed by atoms with Crippen LogP contribution in [-0.4, -0.2) is 42.8 Å². The number of benzene rings is 1. The van der Waals surface area contributed by atoms with E-state index in [1.807, 2.05) is 65.0 Å². The molecule has 200 valence electrons. The number of thiophene rings is 1. The number of para-hydroxylation sites is 1. The van der Waals surface area contributed by atoms with Gasteiger partial charge in [0.2, 0.25) is 5.91 Å². The molecule has 6 N–H and O–H groups in total. The predicted molar refractivity (Wildman–Crippen MR) is 152 cm³/mol. The Morgan fingerprint density at radius 3 is 2.47 bits per heavy atom. The van der Waals surface area contributed by atoms with Crippen LogP contribution in [0, 0.1) is 12.8 Å². The van der Waals surface area contributed by atoms with Gasteiger partial charge in [0, 0.05) is 17.1 Å². The van der Waals surface area contributed by atoms with Crippen molar-refractivity contribution in [2.45, 2.75) is 66.3 Å². The largest absolute Gasteiger partial charge is 0.399 e. The quantitative estimate of drug-likeness (QED) is 0.181. The molecule has 0 radical (unpaired) electrons. The van der Waals surface area contributed by atoms with Gasteiger partial charge in [-0.15, -0.1) is 11.3 Å². The van der Waals surface area contributed by atoms with Crippen molar-refractivity contribution in [1.82, 2.24) is 16.0 Å². The van der Waals surface area contributed by atoms with Gasteiger partial charge in [0.25, 0.3) is 5.91 Å². The Morgan fingerprint density at radius 2 is 1.89 bits per heavy atom. The monoisotopic (exact) mass is 516 g/mol. The minimum absolute atomic E-state index is 0.0695. The first kappa shape index (κ1) is 31.4. The van der Waals surface area contributed by atoms with E-state index in [0.29, 0.717) is 30.3 Å². The third-order valence-electron chi connectivity index (χ3n) is 5.36. The van der Waals surface area contributed by atoms with Crippen molar-refractivity contribution >= 4 is 34.9 Å². The van der Waals surface area contributed by atoms with Crippen molar-refractivity contribution in [2.75, 3.05) is 25.6 Å². The first-order valence-electron chi connectivity index (χ1n) is 12.8. The van der Waals surface area contributed by atoms with E-state index in [1.54, 1.807) is 0 Å². The zero-order valence-electron chi connectivity index (χ0n) is 22.4. The average molecular weight is 517 g/mol. The van der Waals surface area contributed by atoms with Crippen molar-refractivity contribution < 1.29 is 14.7 Å². The second-order valence-corrected chi connectivity index (χ2v) is 9.88. The van der Waals surface area contributed by atoms with E-state index in [4.69, 9.17) is 10.8 Å². The summed E-state index contributed by atoms with van der Waals surface area (Å²) in [6, 6.07) is 9.18. The molecule has 0 bridgehead atoms. The van der Waals surface area contributed by atoms with Gasteiger partial charge in [-0.05, 0) is 68.3 Å². The Morgan fingerprint density at radius 1 is 1.17 bits per heavy atom. The SMILES string of the molecule is CC.CC(C)CC(NC(=O)c1cc2c(s1)CCC=C2)C(=O)NCCCNCO.Cc1ccccc1N. The Kier molecular flexibility index (Phi) is 15.4. The average Bonchev–Trinajstić information content (AvgIpc) is 3.31. The van der Waals surface area contributed by atoms with E-state index < -0.39 is 6.04 Å². The van der Waals surface area contributed by atoms with Crippen LogP contribution in [0.15, 0.2) is 36.4 Å². The molecule has 0 saturated heterocycles. The molecule has 0 fully saturated rings. The van der Waals surface area contributed by atoms with Gasteiger partial charge in [0.15, 0.2) is 0 Å². The molecule has 36 heavy (non-hydrogen) atoms. The lowest BCUT2D eigenvalue weighted by molar-refractivity contribution is -0.123. The molecule has 1 aliphatic carbocycles. The van der Waals surface area contributed by atoms with Crippen LogP contribution in [-0.2, 0) is 11.2 Å². The van der Waals surface area contributed by atoms with Crippen LogP contribution in [0.2, 0.25) is 0 Å². The number of amides is 2. The second kappa shape index (κ2) is 17.7. The highest BCUT2D eigenvalue weighted by Gasteiger charge is 2.24. The van der Waals surface area contributed by atoms with Gasteiger partial charge in [0.05, 0.1) is 11.6 Å². The van der Waals surface area contributed by atoms with Crippen LogP contribution >= 0.6 is 11.3 Å². The molecule has 2 aromatic rings. The van der Waals surface area contributed by atoms with Gasteiger partial charge >= 0.3 is 0 Å². The molecular formula is C28H44N4O3S. The number of allylic oxidation sites excluding steroid dienone is 1. The predicted octanol–water partition coefficient (Wildman–Crippen LogP) is 4.50. The fourth-order valence-electron chi connectivity index (χ4n) is 3.46. The summed E-state index contributed by atoms with van der Waals surface area (Å²) in [6.45, 7) is 11.1. The van der Waals surface area contributed by atoms with E-state index in [9.17, 15) is 9.59 Å². The van der Waals surface area contributed by atoms with Crippen molar-refractivity contribution in [3.63, 3.8) is 0 Å². The molecule has 1 aromatic heterocycles. The first-order chi connectivity index (χ1) is 17.3. The zero-order valence-corrected chi connectivity index (χ0v) is 23.2. The maximum absolute atomic E-state index is 12.6. The highest BCUT2D eigenvalue weighted by atomic mass is 32.1. The van der Waals surface area contributed by atoms with Crippen LogP contribution in [0.25, 0.3) is 6.08 Å². The molecule has 1 heterocycles. The molecule has 0 saturated carbocycles. The van der Waals surface area contributed by atoms with Crippen molar-refractivity contribution in [1.29, 1.82) is 0 Å². The first-order valence-corrected chi connectivity index (χ1v) is 13.6. The van der Waals surface area contributed by atoms with Crippen molar-refractivity contribution in [3.05, 3.63) is 57.3 Å². The smallest absolute Gasteiger partial charge is 0.262 e. The molecule has 3 rings (SSSR count). The Labute approximate surface area is 220 Å². The normalized spacial score (nSPS) is 12.4. The standard InChI is InChI=1S/C19H29N3O3S.C7H9N.C2H6/c1-13(2)10-15(18(24)21-9-5-8-20-12-23)22-19(25)17-11-14-6-3-4-7-16(14)26-17;1-6-4-2-3-5-7(6)8;1-2/h3,6,11,13,15,20,23H,4-5,7-10,12H2,1-2H3,(H,21,24)(H,22,25);2-5H,8H2,1H3;1-2H3. The number of hydrogen-bond acceptors (Lipinski definition) is 6. The number of rotatable bonds is 10. The molecule has 2 amide bonds. The maximum atomic E-state index is 12.6. The molecule has 8 heteroatoms. The summed E-state index contributed by atoms with van der Waals surface area (Å²) in [4.78, 5) is 27.0. The van der Waals surface area contributed by atoms with Crippen LogP contribution in [0.5, 0.6) is 0 Å². The van der Waals surface area contributed by atoms with E-state index in [-0.39, 0.29) is 18.5 Å². The van der Waals surface area contributed by atoms with Gasteiger partial charge in [-0.25, -0.2) is 0 Å². The summed E-state index contributed by atoms with van der Waals surface area (Å²) in [5.74, 6) is -0.0422. The van der Waals surface area contributed by atoms with E-state index in [1.165, 1.54) is 16.2 Å². The number of nitrogen functional groups attached to an aromatic ring is 1. The summed E-state index contributed by atoms with van der Waals surface area (Å²) in [7, 11) is 0. The fraction of sp³-hybridized carbons (Fsp3) is 0.500. The summed E-state index contributed by atoms with van der Waals surface area (Å²) >= 11 is 1.52. The highest BCUT2D eigenvalue weighted by Crippen LogP contribution is 2.28. The van der Waals surface area contributed by atoms with Gasteiger partial charge in [-0.2, -0.15) is 0 Å². The molecule has 1 aliphatic rings. The van der Waals surface area contributed by atoms with Gasteiger partial charge in [-0.1, -0.05) is 58.0 Å². The maximum Gasteiger partial charge on any atom is 0.262 e. The summed E-state index contributed by atoms with van der Waals surface area (Å²) in [6.07, 6.45) is 7.48. The minimum Gasteiger partial charge on any atom is -0.399 e. The number of nitrogens with one attached hydrogen (secondary N) is 3. The number of fused-ring (bicyclic) bond motifs is 1. The van der Waals surface area contributed by atoms with Gasteiger partial charge in [-0.3, -0.25) is 14.9 Å². The van der Waals surface area contributed by atoms with Crippen molar-refractivity contribution in [2.24, 2.45) is 5.92 Å². The van der Waals surface area contributed by atoms with Crippen LogP contribution in [0.3, 0.4) is 0 Å². The number of anilines is 1. The number of carbonyl (C=O) groups is 2. The second-order valence-electron chi connectivity index (χ2n) is 8.75. The van der Waals surface area contributed by atoms with Gasteiger partial charge < -0.3 is 21.5 Å². The van der Waals surface area contributed by atoms with Crippen LogP contribution < -0.4 is 21.7 Å². The number of aliphatic hydroxyl groups excluding tert-OH is 1. The molecule has 1 unspecified atom stereocenters. The Bertz CT molecular complexity index is 935. The summed E-state index contributed by atoms with van der Waals surface area (Å²) in [5, 5.41) is 17.2. The molecular weight excluding hydrogens is 472 g/mol. The minimum atomic E-state index is -0.539. The highest BCUT2D eigenvalue weighted by molar-refractivity contribution is 7.14. The third-order valence-corrected chi connectivity index (χ3v) is 6.57. The molecule has 1 atom stereocenters. The van der Waals surface area contributed by atoms with E-state index in [0.717, 1.165) is 36.1 Å². The lowest BCUT2D eigenvalue weighted by Crippen LogP contribution is -2.47. The number of aryl methyl sites for hydroxylation is 2. The fourth-order valence-corrected chi connectivity index (χ4v) is 4.53. The lowest BCUT2D eigenvalue weighted by atomic mass is 10.0. The molecule has 1 aromatic carbocycles. The Balaban J connectivity index is 0.000000543. The number of hydrogen-bond donors (Lipinski definition) is 5. The topological polar surface area (TPSA) is 116 Å².